The van der Waals surface area contributed by atoms with Crippen LogP contribution in [0.3, 0.4) is 0 Å². The van der Waals surface area contributed by atoms with E-state index in [2.05, 4.69) is 50.1 Å². The van der Waals surface area contributed by atoms with Crippen molar-refractivity contribution in [1.82, 2.24) is 5.32 Å². The molecule has 1 rings (SSSR count). The van der Waals surface area contributed by atoms with Crippen molar-refractivity contribution >= 4 is 29.9 Å². The molecule has 0 aliphatic carbocycles. The number of halogens is 1. The molecule has 1 aromatic carbocycles. The Morgan fingerprint density at radius 2 is 1.81 bits per heavy atom. The minimum absolute atomic E-state index is 0. The van der Waals surface area contributed by atoms with Crippen LogP contribution in [0.2, 0.25) is 0 Å². The van der Waals surface area contributed by atoms with Gasteiger partial charge in [0.05, 0.1) is 6.54 Å². The van der Waals surface area contributed by atoms with Gasteiger partial charge in [-0.1, -0.05) is 39.8 Å². The van der Waals surface area contributed by atoms with E-state index in [0.29, 0.717) is 30.9 Å². The Labute approximate surface area is 145 Å². The first-order valence-electron chi connectivity index (χ1n) is 7.25. The second-order valence-electron chi connectivity index (χ2n) is 5.62. The number of hydrogen-bond acceptors (Lipinski definition) is 2. The van der Waals surface area contributed by atoms with E-state index in [0.717, 1.165) is 12.3 Å². The van der Waals surface area contributed by atoms with Crippen LogP contribution in [0.25, 0.3) is 0 Å². The molecule has 21 heavy (non-hydrogen) atoms. The lowest BCUT2D eigenvalue weighted by atomic mass is 10.0. The molecular formula is C16H28IN3O. The number of benzene rings is 1. The fraction of sp³-hybridized carbons (Fsp3) is 0.562. The van der Waals surface area contributed by atoms with Gasteiger partial charge in [0.1, 0.15) is 12.4 Å². The SMILES string of the molecule is CC(C)CN=C(N)NCCOc1ccc(C(C)C)cc1.I. The summed E-state index contributed by atoms with van der Waals surface area (Å²) in [6, 6.07) is 8.22. The first-order valence-corrected chi connectivity index (χ1v) is 7.25. The Morgan fingerprint density at radius 3 is 2.33 bits per heavy atom. The standard InChI is InChI=1S/C16H27N3O.HI/c1-12(2)11-19-16(17)18-9-10-20-15-7-5-14(6-8-15)13(3)4;/h5-8,12-13H,9-11H2,1-4H3,(H3,17,18,19);1H. The summed E-state index contributed by atoms with van der Waals surface area (Å²) in [5.74, 6) is 2.43. The minimum atomic E-state index is 0. The Hall–Kier alpha value is -0.980. The molecule has 0 bridgehead atoms. The van der Waals surface area contributed by atoms with Crippen LogP contribution >= 0.6 is 24.0 Å². The lowest BCUT2D eigenvalue weighted by Gasteiger charge is -2.10. The molecule has 0 saturated heterocycles. The highest BCUT2D eigenvalue weighted by Crippen LogP contribution is 2.18. The fourth-order valence-electron chi connectivity index (χ4n) is 1.63. The molecule has 4 nitrogen and oxygen atoms in total. The number of guanidine groups is 1. The predicted molar refractivity (Wildman–Crippen MR) is 101 cm³/mol. The highest BCUT2D eigenvalue weighted by molar-refractivity contribution is 14.0. The van der Waals surface area contributed by atoms with Crippen LogP contribution < -0.4 is 15.8 Å². The summed E-state index contributed by atoms with van der Waals surface area (Å²) in [7, 11) is 0. The first-order chi connectivity index (χ1) is 9.49. The van der Waals surface area contributed by atoms with Gasteiger partial charge in [0.25, 0.3) is 0 Å². The summed E-state index contributed by atoms with van der Waals surface area (Å²) in [6.45, 7) is 10.5. The number of ether oxygens (including phenoxy) is 1. The number of nitrogens with zero attached hydrogens (tertiary/aromatic N) is 1. The maximum atomic E-state index is 5.74. The Balaban J connectivity index is 0.00000400. The third-order valence-corrected chi connectivity index (χ3v) is 2.85. The van der Waals surface area contributed by atoms with E-state index >= 15 is 0 Å². The molecule has 0 aliphatic rings. The zero-order chi connectivity index (χ0) is 15.0. The van der Waals surface area contributed by atoms with Crippen molar-refractivity contribution in [3.63, 3.8) is 0 Å². The van der Waals surface area contributed by atoms with Crippen LogP contribution in [0.15, 0.2) is 29.3 Å². The summed E-state index contributed by atoms with van der Waals surface area (Å²) in [5.41, 5.74) is 7.06. The molecule has 0 atom stereocenters. The van der Waals surface area contributed by atoms with Crippen molar-refractivity contribution in [2.75, 3.05) is 19.7 Å². The molecule has 0 heterocycles. The minimum Gasteiger partial charge on any atom is -0.492 e. The molecule has 0 amide bonds. The quantitative estimate of drug-likeness (QED) is 0.317. The summed E-state index contributed by atoms with van der Waals surface area (Å²) in [5, 5.41) is 3.04. The number of hydrogen-bond donors (Lipinski definition) is 2. The molecule has 0 aliphatic heterocycles. The van der Waals surface area contributed by atoms with Gasteiger partial charge in [0, 0.05) is 6.54 Å². The molecule has 0 unspecified atom stereocenters. The van der Waals surface area contributed by atoms with E-state index in [1.807, 2.05) is 12.1 Å². The van der Waals surface area contributed by atoms with Crippen molar-refractivity contribution in [2.24, 2.45) is 16.6 Å². The molecular weight excluding hydrogens is 377 g/mol. The van der Waals surface area contributed by atoms with Crippen LogP contribution in [0, 0.1) is 5.92 Å². The third-order valence-electron chi connectivity index (χ3n) is 2.85. The van der Waals surface area contributed by atoms with Gasteiger partial charge in [0.2, 0.25) is 0 Å². The van der Waals surface area contributed by atoms with E-state index < -0.39 is 0 Å². The molecule has 0 fully saturated rings. The number of nitrogens with two attached hydrogens (primary N) is 1. The predicted octanol–water partition coefficient (Wildman–Crippen LogP) is 3.37. The molecule has 5 heteroatoms. The Kier molecular flexibility index (Phi) is 10.2. The highest BCUT2D eigenvalue weighted by Gasteiger charge is 1.99. The maximum Gasteiger partial charge on any atom is 0.188 e. The van der Waals surface area contributed by atoms with E-state index in [-0.39, 0.29) is 24.0 Å². The number of nitrogens with one attached hydrogen (secondary N) is 1. The second-order valence-corrected chi connectivity index (χ2v) is 5.62. The van der Waals surface area contributed by atoms with Crippen molar-refractivity contribution < 1.29 is 4.74 Å². The van der Waals surface area contributed by atoms with Gasteiger partial charge in [-0.2, -0.15) is 0 Å². The summed E-state index contributed by atoms with van der Waals surface area (Å²) in [4.78, 5) is 4.23. The molecule has 120 valence electrons. The van der Waals surface area contributed by atoms with E-state index in [1.54, 1.807) is 0 Å². The topological polar surface area (TPSA) is 59.6 Å². The Bertz CT molecular complexity index is 416. The maximum absolute atomic E-state index is 5.74. The van der Waals surface area contributed by atoms with Crippen molar-refractivity contribution in [1.29, 1.82) is 0 Å². The number of aliphatic imine (C=N–C) groups is 1. The van der Waals surface area contributed by atoms with Crippen molar-refractivity contribution in [3.05, 3.63) is 29.8 Å². The van der Waals surface area contributed by atoms with Crippen molar-refractivity contribution in [2.45, 2.75) is 33.6 Å². The van der Waals surface area contributed by atoms with Crippen LogP contribution in [0.4, 0.5) is 0 Å². The lowest BCUT2D eigenvalue weighted by Crippen LogP contribution is -2.35. The summed E-state index contributed by atoms with van der Waals surface area (Å²) >= 11 is 0. The van der Waals surface area contributed by atoms with Gasteiger partial charge >= 0.3 is 0 Å². The second kappa shape index (κ2) is 10.7. The van der Waals surface area contributed by atoms with Gasteiger partial charge in [0.15, 0.2) is 5.96 Å². The lowest BCUT2D eigenvalue weighted by molar-refractivity contribution is 0.322. The zero-order valence-electron chi connectivity index (χ0n) is 13.4. The average Bonchev–Trinajstić information content (AvgIpc) is 2.42. The van der Waals surface area contributed by atoms with Gasteiger partial charge in [-0.3, -0.25) is 4.99 Å². The smallest absolute Gasteiger partial charge is 0.188 e. The van der Waals surface area contributed by atoms with E-state index in [4.69, 9.17) is 10.5 Å². The normalized spacial score (nSPS) is 11.4. The Morgan fingerprint density at radius 1 is 1.19 bits per heavy atom. The summed E-state index contributed by atoms with van der Waals surface area (Å²) in [6.07, 6.45) is 0. The van der Waals surface area contributed by atoms with Crippen LogP contribution in [0.1, 0.15) is 39.2 Å². The largest absolute Gasteiger partial charge is 0.492 e. The van der Waals surface area contributed by atoms with Crippen LogP contribution in [0.5, 0.6) is 5.75 Å². The molecule has 0 aromatic heterocycles. The fourth-order valence-corrected chi connectivity index (χ4v) is 1.63. The average molecular weight is 405 g/mol. The van der Waals surface area contributed by atoms with Crippen LogP contribution in [-0.2, 0) is 0 Å². The van der Waals surface area contributed by atoms with E-state index in [1.165, 1.54) is 5.56 Å². The molecule has 3 N–H and O–H groups in total. The van der Waals surface area contributed by atoms with Crippen LogP contribution in [-0.4, -0.2) is 25.7 Å². The monoisotopic (exact) mass is 405 g/mol. The summed E-state index contributed by atoms with van der Waals surface area (Å²) < 4.78 is 5.64. The van der Waals surface area contributed by atoms with Gasteiger partial charge < -0.3 is 15.8 Å². The molecule has 0 spiro atoms. The highest BCUT2D eigenvalue weighted by atomic mass is 127. The number of rotatable bonds is 7. The molecule has 0 saturated carbocycles. The molecule has 0 radical (unpaired) electrons. The molecule has 1 aromatic rings. The van der Waals surface area contributed by atoms with E-state index in [9.17, 15) is 0 Å². The zero-order valence-corrected chi connectivity index (χ0v) is 15.8. The third kappa shape index (κ3) is 8.80. The van der Waals surface area contributed by atoms with Gasteiger partial charge in [-0.25, -0.2) is 0 Å². The van der Waals surface area contributed by atoms with Gasteiger partial charge in [-0.05, 0) is 29.5 Å². The first kappa shape index (κ1) is 20.0. The van der Waals surface area contributed by atoms with Crippen molar-refractivity contribution in [3.8, 4) is 5.75 Å². The van der Waals surface area contributed by atoms with Gasteiger partial charge in [-0.15, -0.1) is 24.0 Å².